The van der Waals surface area contributed by atoms with Gasteiger partial charge >= 0.3 is 22.4 Å². The summed E-state index contributed by atoms with van der Waals surface area (Å²) in [5, 5.41) is -10.5. The van der Waals surface area contributed by atoms with Gasteiger partial charge in [-0.2, -0.15) is 26.0 Å². The van der Waals surface area contributed by atoms with Crippen molar-refractivity contribution < 1.29 is 75.2 Å². The number of esters is 2. The molecule has 6 bridgehead atoms. The highest BCUT2D eigenvalue weighted by molar-refractivity contribution is 7.88. The minimum atomic E-state index is -6.21. The Morgan fingerprint density at radius 2 is 1.40 bits per heavy atom. The van der Waals surface area contributed by atoms with Crippen LogP contribution >= 0.6 is 0 Å². The predicted molar refractivity (Wildman–Crippen MR) is 125 cm³/mol. The van der Waals surface area contributed by atoms with Gasteiger partial charge in [0.1, 0.15) is 12.2 Å². The fourth-order valence-corrected chi connectivity index (χ4v) is 10.4. The van der Waals surface area contributed by atoms with Crippen LogP contribution in [0.2, 0.25) is 0 Å². The molecule has 6 saturated carbocycles. The summed E-state index contributed by atoms with van der Waals surface area (Å²) in [4.78, 5) is 23.4. The molecule has 5 unspecified atom stereocenters. The molecular formula is C22H26F4O13S3-2. The van der Waals surface area contributed by atoms with Gasteiger partial charge in [-0.1, -0.05) is 0 Å². The molecule has 1 heterocycles. The zero-order chi connectivity index (χ0) is 31.3. The van der Waals surface area contributed by atoms with Crippen molar-refractivity contribution in [3.63, 3.8) is 0 Å². The second-order valence-electron chi connectivity index (χ2n) is 12.2. The van der Waals surface area contributed by atoms with Gasteiger partial charge in [0.2, 0.25) is 0 Å². The average molecular weight is 671 g/mol. The van der Waals surface area contributed by atoms with Gasteiger partial charge < -0.3 is 18.6 Å². The molecule has 13 nitrogen and oxygen atoms in total. The smallest absolute Gasteiger partial charge is 0.428 e. The zero-order valence-electron chi connectivity index (χ0n) is 21.5. The topological polar surface area (TPSA) is 210 Å². The summed E-state index contributed by atoms with van der Waals surface area (Å²) in [5.74, 6) is -2.91. The van der Waals surface area contributed by atoms with Crippen molar-refractivity contribution in [1.29, 1.82) is 0 Å². The highest BCUT2D eigenvalue weighted by Gasteiger charge is 2.66. The molecule has 20 heteroatoms. The van der Waals surface area contributed by atoms with E-state index in [0.717, 1.165) is 19.3 Å². The Morgan fingerprint density at radius 1 is 0.881 bits per heavy atom. The van der Waals surface area contributed by atoms with Gasteiger partial charge in [-0.15, -0.1) is 0 Å². The quantitative estimate of drug-likeness (QED) is 0.161. The minimum absolute atomic E-state index is 0.0944. The highest BCUT2D eigenvalue weighted by Crippen LogP contribution is 2.60. The van der Waals surface area contributed by atoms with E-state index >= 15 is 0 Å². The monoisotopic (exact) mass is 670 g/mol. The molecule has 0 spiro atoms. The van der Waals surface area contributed by atoms with Crippen LogP contribution in [0.25, 0.3) is 0 Å². The van der Waals surface area contributed by atoms with Gasteiger partial charge in [-0.25, -0.2) is 21.6 Å². The summed E-state index contributed by atoms with van der Waals surface area (Å²) in [5.41, 5.74) is -0.739. The first-order valence-corrected chi connectivity index (χ1v) is 17.3. The van der Waals surface area contributed by atoms with Crippen LogP contribution in [0.4, 0.5) is 17.6 Å². The van der Waals surface area contributed by atoms with Gasteiger partial charge in [0.15, 0.2) is 26.8 Å². The molecule has 0 amide bonds. The van der Waals surface area contributed by atoms with Crippen molar-refractivity contribution in [3.05, 3.63) is 0 Å². The molecule has 1 saturated heterocycles. The van der Waals surface area contributed by atoms with E-state index < -0.39 is 94.1 Å². The van der Waals surface area contributed by atoms with Gasteiger partial charge in [0.25, 0.3) is 10.1 Å². The molecular weight excluding hydrogens is 644 g/mol. The second-order valence-corrected chi connectivity index (χ2v) is 16.9. The summed E-state index contributed by atoms with van der Waals surface area (Å²) in [6, 6.07) is 0. The van der Waals surface area contributed by atoms with Crippen LogP contribution in [0.1, 0.15) is 51.4 Å². The van der Waals surface area contributed by atoms with E-state index in [1.165, 1.54) is 0 Å². The van der Waals surface area contributed by atoms with Crippen molar-refractivity contribution in [1.82, 2.24) is 0 Å². The van der Waals surface area contributed by atoms with Gasteiger partial charge in [-0.05, 0) is 69.1 Å². The number of halogens is 4. The van der Waals surface area contributed by atoms with Gasteiger partial charge in [0.05, 0.1) is 10.7 Å². The molecule has 7 rings (SSSR count). The lowest BCUT2D eigenvalue weighted by atomic mass is 9.49. The second kappa shape index (κ2) is 9.95. The van der Waals surface area contributed by atoms with E-state index in [9.17, 15) is 61.5 Å². The number of hydrogen-bond donors (Lipinski definition) is 0. The van der Waals surface area contributed by atoms with Crippen molar-refractivity contribution >= 4 is 42.3 Å². The Hall–Kier alpha value is -1.61. The molecule has 7 fully saturated rings. The Balaban J connectivity index is 0.000000168. The lowest BCUT2D eigenvalue weighted by molar-refractivity contribution is -0.177. The lowest BCUT2D eigenvalue weighted by Crippen LogP contribution is -2.51. The normalized spacial score (nSPS) is 39.5. The molecule has 0 radical (unpaired) electrons. The number of carbonyl (C=O) groups excluding carboxylic acids is 2. The third kappa shape index (κ3) is 5.33. The van der Waals surface area contributed by atoms with E-state index in [1.807, 2.05) is 0 Å². The lowest BCUT2D eigenvalue weighted by Gasteiger charge is -2.55. The molecule has 42 heavy (non-hydrogen) atoms. The molecule has 0 aromatic rings. The number of carbonyl (C=O) groups is 2. The number of rotatable bonds is 7. The van der Waals surface area contributed by atoms with Crippen molar-refractivity contribution in [3.8, 4) is 0 Å². The molecule has 7 aliphatic rings. The van der Waals surface area contributed by atoms with Crippen molar-refractivity contribution in [2.45, 2.75) is 79.3 Å². The van der Waals surface area contributed by atoms with Crippen LogP contribution in [-0.4, -0.2) is 80.9 Å². The van der Waals surface area contributed by atoms with Crippen molar-refractivity contribution in [2.75, 3.05) is 6.61 Å². The first kappa shape index (κ1) is 31.8. The van der Waals surface area contributed by atoms with E-state index in [4.69, 9.17) is 4.18 Å². The minimum Gasteiger partial charge on any atom is -0.743 e. The fourth-order valence-electron chi connectivity index (χ4n) is 8.07. The maximum absolute atomic E-state index is 13.1. The van der Waals surface area contributed by atoms with Crippen LogP contribution in [0, 0.1) is 35.0 Å². The van der Waals surface area contributed by atoms with E-state index in [-0.39, 0.29) is 6.42 Å². The third-order valence-electron chi connectivity index (χ3n) is 9.42. The SMILES string of the molecule is O=C(OC1C2CC3C1OS(=O)(=O)C3C2)C(F)(F)S(=O)(=O)[O-].O=C(OCC(F)(F)S(=O)(=O)[O-])C12CC3CC(CC(C3)C1)C2. The number of alkyl halides is 4. The van der Waals surface area contributed by atoms with Crippen molar-refractivity contribution in [2.24, 2.45) is 35.0 Å². The van der Waals surface area contributed by atoms with Crippen LogP contribution in [0.15, 0.2) is 0 Å². The summed E-state index contributed by atoms with van der Waals surface area (Å²) >= 11 is 0. The fraction of sp³-hybridized carbons (Fsp3) is 0.909. The molecule has 0 aromatic heterocycles. The first-order chi connectivity index (χ1) is 19.1. The molecule has 0 aromatic carbocycles. The Kier molecular flexibility index (Phi) is 7.53. The third-order valence-corrected chi connectivity index (χ3v) is 12.8. The predicted octanol–water partition coefficient (Wildman–Crippen LogP) is 1.06. The van der Waals surface area contributed by atoms with E-state index in [1.54, 1.807) is 0 Å². The van der Waals surface area contributed by atoms with E-state index in [0.29, 0.717) is 43.4 Å². The zero-order valence-corrected chi connectivity index (χ0v) is 24.0. The van der Waals surface area contributed by atoms with Crippen LogP contribution in [-0.2, 0) is 53.6 Å². The molecule has 1 aliphatic heterocycles. The number of fused-ring (bicyclic) bond motifs is 1. The summed E-state index contributed by atoms with van der Waals surface area (Å²) in [7, 11) is -15.8. The summed E-state index contributed by atoms with van der Waals surface area (Å²) < 4.78 is 152. The maximum Gasteiger partial charge on any atom is 0.428 e. The van der Waals surface area contributed by atoms with Gasteiger partial charge in [0, 0.05) is 11.8 Å². The Morgan fingerprint density at radius 3 is 1.88 bits per heavy atom. The molecule has 5 atom stereocenters. The largest absolute Gasteiger partial charge is 0.743 e. The van der Waals surface area contributed by atoms with Crippen LogP contribution in [0.3, 0.4) is 0 Å². The Bertz CT molecular complexity index is 1440. The molecule has 6 aliphatic carbocycles. The molecule has 0 N–H and O–H groups in total. The maximum atomic E-state index is 13.1. The first-order valence-electron chi connectivity index (χ1n) is 13.0. The van der Waals surface area contributed by atoms with Gasteiger partial charge in [-0.3, -0.25) is 8.98 Å². The average Bonchev–Trinajstić information content (AvgIpc) is 3.45. The number of ether oxygens (including phenoxy) is 2. The number of hydrogen-bond acceptors (Lipinski definition) is 13. The van der Waals surface area contributed by atoms with Crippen LogP contribution < -0.4 is 0 Å². The standard InChI is InChI=1S/C13H18F2O5S.C9H10F2O8S2/c14-13(15,21(17,18)19)7-20-11(16)12-4-8-1-9(5-12)3-10(2-8)6-12;10-9(11,21(15,16)17)8(12)18-6-3-1-4-5(2-3)20(13,14)19-7(4)6/h8-10H,1-7H2,(H,17,18,19);3-7H,1-2H2,(H,15,16,17)/p-2. The highest BCUT2D eigenvalue weighted by atomic mass is 32.2. The summed E-state index contributed by atoms with van der Waals surface area (Å²) in [6.07, 6.45) is 3.18. The van der Waals surface area contributed by atoms with E-state index in [2.05, 4.69) is 9.47 Å². The van der Waals surface area contributed by atoms with Crippen LogP contribution in [0.5, 0.6) is 0 Å². The molecule has 240 valence electrons. The summed E-state index contributed by atoms with van der Waals surface area (Å²) in [6.45, 7) is -1.68. The Labute approximate surface area is 238 Å².